The second-order valence-corrected chi connectivity index (χ2v) is 5.92. The maximum atomic E-state index is 4.97. The zero-order chi connectivity index (χ0) is 11.5. The summed E-state index contributed by atoms with van der Waals surface area (Å²) in [5.74, 6) is 0.751. The highest BCUT2D eigenvalue weighted by Crippen LogP contribution is 2.20. The van der Waals surface area contributed by atoms with Gasteiger partial charge in [0.25, 0.3) is 0 Å². The molecule has 0 amide bonds. The van der Waals surface area contributed by atoms with Crippen LogP contribution in [-0.2, 0) is 5.75 Å². The van der Waals surface area contributed by atoms with Crippen LogP contribution in [0.15, 0.2) is 11.2 Å². The minimum absolute atomic E-state index is 0.706. The zero-order valence-electron chi connectivity index (χ0n) is 8.85. The standard InChI is InChI=1S/C9H10N4S3/c1-5-3-6(2)11-8(10-5)15-4-7-12-13-9(14)16-7/h3H,4H2,1-2H3,(H,13,14). The maximum absolute atomic E-state index is 4.97. The van der Waals surface area contributed by atoms with Crippen molar-refractivity contribution < 1.29 is 0 Å². The molecule has 2 aromatic heterocycles. The Morgan fingerprint density at radius 3 is 2.62 bits per heavy atom. The van der Waals surface area contributed by atoms with E-state index in [2.05, 4.69) is 20.2 Å². The first-order valence-electron chi connectivity index (χ1n) is 4.63. The summed E-state index contributed by atoms with van der Waals surface area (Å²) >= 11 is 8.03. The number of aromatic nitrogens is 4. The van der Waals surface area contributed by atoms with Crippen molar-refractivity contribution in [2.45, 2.75) is 24.8 Å². The Morgan fingerprint density at radius 2 is 2.06 bits per heavy atom. The van der Waals surface area contributed by atoms with Gasteiger partial charge in [0.05, 0.1) is 5.75 Å². The van der Waals surface area contributed by atoms with Gasteiger partial charge in [0.1, 0.15) is 5.01 Å². The summed E-state index contributed by atoms with van der Waals surface area (Å²) in [5.41, 5.74) is 1.98. The molecular weight excluding hydrogens is 260 g/mol. The average Bonchev–Trinajstić information content (AvgIpc) is 2.60. The topological polar surface area (TPSA) is 54.5 Å². The van der Waals surface area contributed by atoms with Crippen LogP contribution >= 0.6 is 35.3 Å². The number of nitrogens with zero attached hydrogens (tertiary/aromatic N) is 3. The Labute approximate surface area is 107 Å². The second kappa shape index (κ2) is 5.03. The van der Waals surface area contributed by atoms with Crippen molar-refractivity contribution in [2.75, 3.05) is 0 Å². The number of aryl methyl sites for hydroxylation is 2. The molecular formula is C9H10N4S3. The second-order valence-electron chi connectivity index (χ2n) is 3.23. The van der Waals surface area contributed by atoms with Crippen molar-refractivity contribution in [1.29, 1.82) is 0 Å². The van der Waals surface area contributed by atoms with Crippen LogP contribution in [0.4, 0.5) is 0 Å². The molecule has 0 atom stereocenters. The number of nitrogens with one attached hydrogen (secondary N) is 1. The number of hydrogen-bond acceptors (Lipinski definition) is 6. The fourth-order valence-electron chi connectivity index (χ4n) is 1.21. The lowest BCUT2D eigenvalue weighted by Crippen LogP contribution is -1.93. The van der Waals surface area contributed by atoms with Gasteiger partial charge in [0, 0.05) is 11.4 Å². The van der Waals surface area contributed by atoms with Crippen LogP contribution in [0.25, 0.3) is 0 Å². The Hall–Kier alpha value is -0.790. The quantitative estimate of drug-likeness (QED) is 0.528. The molecule has 7 heteroatoms. The first kappa shape index (κ1) is 11.7. The minimum Gasteiger partial charge on any atom is -0.258 e. The zero-order valence-corrected chi connectivity index (χ0v) is 11.3. The van der Waals surface area contributed by atoms with E-state index in [9.17, 15) is 0 Å². The Balaban J connectivity index is 2.07. The normalized spacial score (nSPS) is 10.6. The van der Waals surface area contributed by atoms with Crippen LogP contribution < -0.4 is 0 Å². The fraction of sp³-hybridized carbons (Fsp3) is 0.333. The minimum atomic E-state index is 0.706. The first-order chi connectivity index (χ1) is 7.63. The van der Waals surface area contributed by atoms with Gasteiger partial charge >= 0.3 is 0 Å². The molecule has 2 heterocycles. The number of rotatable bonds is 3. The van der Waals surface area contributed by atoms with E-state index in [0.29, 0.717) is 3.95 Å². The van der Waals surface area contributed by atoms with E-state index in [-0.39, 0.29) is 0 Å². The third-order valence-electron chi connectivity index (χ3n) is 1.77. The molecule has 0 saturated heterocycles. The van der Waals surface area contributed by atoms with E-state index in [4.69, 9.17) is 12.2 Å². The number of hydrogen-bond donors (Lipinski definition) is 1. The van der Waals surface area contributed by atoms with E-state index >= 15 is 0 Å². The number of aromatic amines is 1. The van der Waals surface area contributed by atoms with E-state index in [1.165, 1.54) is 11.3 Å². The summed E-state index contributed by atoms with van der Waals surface area (Å²) in [7, 11) is 0. The van der Waals surface area contributed by atoms with E-state index < -0.39 is 0 Å². The van der Waals surface area contributed by atoms with E-state index in [1.807, 2.05) is 19.9 Å². The summed E-state index contributed by atoms with van der Waals surface area (Å²) in [6.07, 6.45) is 0. The predicted octanol–water partition coefficient (Wildman–Crippen LogP) is 2.90. The molecule has 2 rings (SSSR count). The van der Waals surface area contributed by atoms with Crippen molar-refractivity contribution >= 4 is 35.3 Å². The van der Waals surface area contributed by atoms with E-state index in [0.717, 1.165) is 27.3 Å². The SMILES string of the molecule is Cc1cc(C)nc(SCc2n[nH]c(=S)s2)n1. The summed E-state index contributed by atoms with van der Waals surface area (Å²) in [5, 5.41) is 8.61. The third-order valence-corrected chi connectivity index (χ3v) is 3.90. The molecule has 0 aromatic carbocycles. The van der Waals surface area contributed by atoms with Crippen molar-refractivity contribution in [1.82, 2.24) is 20.2 Å². The van der Waals surface area contributed by atoms with Crippen LogP contribution in [0.3, 0.4) is 0 Å². The molecule has 1 N–H and O–H groups in total. The van der Waals surface area contributed by atoms with Crippen LogP contribution in [0.2, 0.25) is 0 Å². The van der Waals surface area contributed by atoms with Gasteiger partial charge in [-0.3, -0.25) is 5.10 Å². The molecule has 0 radical (unpaired) electrons. The van der Waals surface area contributed by atoms with Crippen LogP contribution in [0, 0.1) is 17.8 Å². The molecule has 4 nitrogen and oxygen atoms in total. The molecule has 0 fully saturated rings. The van der Waals surface area contributed by atoms with Crippen LogP contribution in [0.5, 0.6) is 0 Å². The lowest BCUT2D eigenvalue weighted by Gasteiger charge is -2.00. The highest BCUT2D eigenvalue weighted by Gasteiger charge is 2.03. The molecule has 84 valence electrons. The molecule has 0 aliphatic carbocycles. The summed E-state index contributed by atoms with van der Waals surface area (Å²) in [4.78, 5) is 8.70. The highest BCUT2D eigenvalue weighted by atomic mass is 32.2. The van der Waals surface area contributed by atoms with Crippen molar-refractivity contribution in [2.24, 2.45) is 0 Å². The number of thioether (sulfide) groups is 1. The molecule has 0 spiro atoms. The third kappa shape index (κ3) is 3.10. The molecule has 0 saturated carbocycles. The monoisotopic (exact) mass is 270 g/mol. The molecule has 0 aliphatic rings. The van der Waals surface area contributed by atoms with Gasteiger partial charge in [0.15, 0.2) is 9.11 Å². The van der Waals surface area contributed by atoms with Crippen molar-refractivity contribution in [3.63, 3.8) is 0 Å². The molecule has 0 bridgehead atoms. The van der Waals surface area contributed by atoms with Gasteiger partial charge < -0.3 is 0 Å². The van der Waals surface area contributed by atoms with Crippen LogP contribution in [-0.4, -0.2) is 20.2 Å². The van der Waals surface area contributed by atoms with Gasteiger partial charge in [-0.05, 0) is 32.1 Å². The van der Waals surface area contributed by atoms with Gasteiger partial charge in [-0.15, -0.1) is 0 Å². The predicted molar refractivity (Wildman–Crippen MR) is 68.4 cm³/mol. The molecule has 0 unspecified atom stereocenters. The Morgan fingerprint density at radius 1 is 1.38 bits per heavy atom. The Bertz CT molecular complexity index is 525. The maximum Gasteiger partial charge on any atom is 0.188 e. The first-order valence-corrected chi connectivity index (χ1v) is 6.84. The molecule has 16 heavy (non-hydrogen) atoms. The molecule has 2 aromatic rings. The fourth-order valence-corrected chi connectivity index (χ4v) is 3.08. The lowest BCUT2D eigenvalue weighted by molar-refractivity contribution is 0.900. The van der Waals surface area contributed by atoms with Gasteiger partial charge in [0.2, 0.25) is 0 Å². The van der Waals surface area contributed by atoms with Gasteiger partial charge in [-0.2, -0.15) is 5.10 Å². The smallest absolute Gasteiger partial charge is 0.188 e. The molecule has 0 aliphatic heterocycles. The van der Waals surface area contributed by atoms with Crippen molar-refractivity contribution in [3.8, 4) is 0 Å². The van der Waals surface area contributed by atoms with Gasteiger partial charge in [-0.25, -0.2) is 9.97 Å². The highest BCUT2D eigenvalue weighted by molar-refractivity contribution is 7.98. The van der Waals surface area contributed by atoms with Crippen LogP contribution in [0.1, 0.15) is 16.4 Å². The summed E-state index contributed by atoms with van der Waals surface area (Å²) < 4.78 is 0.706. The van der Waals surface area contributed by atoms with Crippen molar-refractivity contribution in [3.05, 3.63) is 26.4 Å². The Kier molecular flexibility index (Phi) is 3.67. The largest absolute Gasteiger partial charge is 0.258 e. The number of H-pyrrole nitrogens is 1. The van der Waals surface area contributed by atoms with E-state index in [1.54, 1.807) is 11.8 Å². The lowest BCUT2D eigenvalue weighted by atomic mass is 10.4. The average molecular weight is 270 g/mol. The summed E-state index contributed by atoms with van der Waals surface area (Å²) in [6.45, 7) is 3.94. The summed E-state index contributed by atoms with van der Waals surface area (Å²) in [6, 6.07) is 1.96. The van der Waals surface area contributed by atoms with Gasteiger partial charge in [-0.1, -0.05) is 23.1 Å².